The van der Waals surface area contributed by atoms with Gasteiger partial charge >= 0.3 is 17.2 Å². The molecule has 2 rings (SSSR count). The Morgan fingerprint density at radius 2 is 0.976 bits per heavy atom. The van der Waals surface area contributed by atoms with Crippen molar-refractivity contribution in [2.75, 3.05) is 19.8 Å². The highest BCUT2D eigenvalue weighted by Gasteiger charge is 2.46. The maximum atomic E-state index is 11.1. The van der Waals surface area contributed by atoms with Gasteiger partial charge in [-0.2, -0.15) is 0 Å². The van der Waals surface area contributed by atoms with E-state index in [1.54, 1.807) is 0 Å². The Labute approximate surface area is 248 Å². The zero-order chi connectivity index (χ0) is 31.2. The van der Waals surface area contributed by atoms with Crippen LogP contribution in [-0.2, 0) is 9.05 Å². The van der Waals surface area contributed by atoms with E-state index < -0.39 is 35.3 Å². The van der Waals surface area contributed by atoms with E-state index in [1.807, 2.05) is 6.92 Å². The van der Waals surface area contributed by atoms with Crippen LogP contribution in [0.15, 0.2) is 24.3 Å². The normalized spacial score (nSPS) is 13.5. The summed E-state index contributed by atoms with van der Waals surface area (Å²) in [7, 11) is -5.55. The lowest BCUT2D eigenvalue weighted by Gasteiger charge is -2.42. The summed E-state index contributed by atoms with van der Waals surface area (Å²) in [6.45, 7) is 19.6. The molecule has 0 aliphatic rings. The van der Waals surface area contributed by atoms with Gasteiger partial charge in [-0.15, -0.1) is 0 Å². The molecule has 0 saturated heterocycles. The van der Waals surface area contributed by atoms with Gasteiger partial charge in [0.1, 0.15) is 11.9 Å². The minimum Gasteiger partial charge on any atom is -0.484 e. The topological polar surface area (TPSA) is 129 Å². The van der Waals surface area contributed by atoms with Gasteiger partial charge in [-0.05, 0) is 59.8 Å². The van der Waals surface area contributed by atoms with E-state index in [4.69, 9.17) is 13.8 Å². The largest absolute Gasteiger partial charge is 0.484 e. The van der Waals surface area contributed by atoms with Crippen molar-refractivity contribution in [1.82, 2.24) is 0 Å². The van der Waals surface area contributed by atoms with E-state index in [0.717, 1.165) is 38.9 Å². The molecule has 0 aliphatic carbocycles. The fraction of sp³-hybridized carbons (Fsp3) is 0.613. The quantitative estimate of drug-likeness (QED) is 0.132. The predicted octanol–water partition coefficient (Wildman–Crippen LogP) is 7.35. The van der Waals surface area contributed by atoms with Crippen LogP contribution in [0.5, 0.6) is 5.75 Å². The summed E-state index contributed by atoms with van der Waals surface area (Å²) in [5.41, 5.74) is 5.68. The van der Waals surface area contributed by atoms with E-state index in [-0.39, 0.29) is 36.9 Å². The van der Waals surface area contributed by atoms with Crippen molar-refractivity contribution in [3.8, 4) is 5.75 Å². The molecule has 0 amide bonds. The molecule has 0 spiro atoms. The molecule has 0 bridgehead atoms. The van der Waals surface area contributed by atoms with Crippen LogP contribution in [0, 0.1) is 19.3 Å². The first kappa shape index (κ1) is 36.0. The second kappa shape index (κ2) is 15.5. The molecule has 0 saturated carbocycles. The van der Waals surface area contributed by atoms with Crippen molar-refractivity contribution in [3.63, 3.8) is 0 Å². The van der Waals surface area contributed by atoms with Crippen molar-refractivity contribution < 1.29 is 38.5 Å². The van der Waals surface area contributed by atoms with Crippen molar-refractivity contribution in [1.29, 1.82) is 0 Å². The van der Waals surface area contributed by atoms with Crippen LogP contribution < -0.4 is 4.74 Å². The lowest BCUT2D eigenvalue weighted by atomic mass is 9.74. The van der Waals surface area contributed by atoms with Crippen LogP contribution in [0.2, 0.25) is 0 Å². The fourth-order valence-corrected chi connectivity index (χ4v) is 6.03. The molecule has 0 fully saturated rings. The molecule has 232 valence electrons. The molecule has 0 radical (unpaired) electrons. The molecule has 0 heterocycles. The third kappa shape index (κ3) is 9.15. The molecule has 8 nitrogen and oxygen atoms in total. The van der Waals surface area contributed by atoms with Crippen LogP contribution in [0.25, 0.3) is 0 Å². The zero-order valence-electron chi connectivity index (χ0n) is 26.2. The Bertz CT molecular complexity index is 1060. The van der Waals surface area contributed by atoms with E-state index in [0.29, 0.717) is 5.75 Å². The van der Waals surface area contributed by atoms with Gasteiger partial charge in [-0.3, -0.25) is 0 Å². The Kier molecular flexibility index (Phi) is 13.6. The standard InChI is InChI=1S/C31H50O8P2/c1-18(2)24-11-22(9)12-25(19(3)4)28(24)30(31(15-32,16-37-40(33)34)17-38-41(35)36)39-29-26(20(5)6)13-23(10)14-27(29)21(7)8/h11-14,18-21,30,32-36H,15-17H2,1-10H3. The van der Waals surface area contributed by atoms with E-state index in [1.165, 1.54) is 0 Å². The van der Waals surface area contributed by atoms with Gasteiger partial charge in [-0.1, -0.05) is 90.8 Å². The van der Waals surface area contributed by atoms with Crippen molar-refractivity contribution in [2.24, 2.45) is 5.41 Å². The van der Waals surface area contributed by atoms with Crippen molar-refractivity contribution in [2.45, 2.75) is 99.0 Å². The first-order valence-electron chi connectivity index (χ1n) is 14.2. The average molecular weight is 613 g/mol. The van der Waals surface area contributed by atoms with Crippen LogP contribution in [0.3, 0.4) is 0 Å². The van der Waals surface area contributed by atoms with Gasteiger partial charge in [0.05, 0.1) is 25.2 Å². The maximum absolute atomic E-state index is 11.1. The summed E-state index contributed by atoms with van der Waals surface area (Å²) in [4.78, 5) is 39.0. The second-order valence-electron chi connectivity index (χ2n) is 12.3. The van der Waals surface area contributed by atoms with Gasteiger partial charge in [0.25, 0.3) is 0 Å². The second-order valence-corrected chi connectivity index (χ2v) is 13.8. The Morgan fingerprint density at radius 3 is 1.27 bits per heavy atom. The summed E-state index contributed by atoms with van der Waals surface area (Å²) < 4.78 is 17.9. The van der Waals surface area contributed by atoms with Gasteiger partial charge in [-0.25, -0.2) is 0 Å². The number of ether oxygens (including phenoxy) is 1. The smallest absolute Gasteiger partial charge is 0.327 e. The molecule has 2 aromatic carbocycles. The number of rotatable bonds is 15. The monoisotopic (exact) mass is 612 g/mol. The third-order valence-electron chi connectivity index (χ3n) is 7.47. The molecule has 5 N–H and O–H groups in total. The number of aryl methyl sites for hydroxylation is 2. The number of aliphatic hydroxyl groups excluding tert-OH is 1. The number of aliphatic hydroxyl groups is 1. The third-order valence-corrected chi connectivity index (χ3v) is 8.19. The molecular weight excluding hydrogens is 562 g/mol. The SMILES string of the molecule is Cc1cc(C(C)C)c(OC(c2c(C(C)C)cc(C)cc2C(C)C)C(CO)(COP(O)O)COP(O)O)c(C(C)C)c1. The summed E-state index contributed by atoms with van der Waals surface area (Å²) >= 11 is 0. The first-order chi connectivity index (χ1) is 19.0. The highest BCUT2D eigenvalue weighted by Crippen LogP contribution is 2.49. The van der Waals surface area contributed by atoms with Gasteiger partial charge < -0.3 is 38.5 Å². The molecule has 2 aromatic rings. The Balaban J connectivity index is 3.08. The van der Waals surface area contributed by atoms with E-state index in [2.05, 4.69) is 86.6 Å². The summed E-state index contributed by atoms with van der Waals surface area (Å²) in [5.74, 6) is 1.10. The fourth-order valence-electron chi connectivity index (χ4n) is 5.28. The van der Waals surface area contributed by atoms with Crippen LogP contribution >= 0.6 is 17.2 Å². The van der Waals surface area contributed by atoms with E-state index in [9.17, 15) is 24.7 Å². The first-order valence-corrected chi connectivity index (χ1v) is 16.5. The number of hydrogen-bond donors (Lipinski definition) is 5. The minimum absolute atomic E-state index is 0.0829. The van der Waals surface area contributed by atoms with Gasteiger partial charge in [0.15, 0.2) is 0 Å². The lowest BCUT2D eigenvalue weighted by molar-refractivity contribution is -0.0667. The maximum Gasteiger partial charge on any atom is 0.327 e. The van der Waals surface area contributed by atoms with E-state index >= 15 is 0 Å². The molecule has 1 unspecified atom stereocenters. The summed E-state index contributed by atoms with van der Waals surface area (Å²) in [6, 6.07) is 8.45. The predicted molar refractivity (Wildman–Crippen MR) is 166 cm³/mol. The zero-order valence-corrected chi connectivity index (χ0v) is 28.0. The molecule has 0 aromatic heterocycles. The lowest BCUT2D eigenvalue weighted by Crippen LogP contribution is -2.44. The minimum atomic E-state index is -2.77. The highest BCUT2D eigenvalue weighted by atomic mass is 31.2. The number of benzene rings is 2. The van der Waals surface area contributed by atoms with Gasteiger partial charge in [0.2, 0.25) is 0 Å². The van der Waals surface area contributed by atoms with Crippen molar-refractivity contribution >= 4 is 17.2 Å². The molecule has 10 heteroatoms. The highest BCUT2D eigenvalue weighted by molar-refractivity contribution is 7.39. The molecule has 1 atom stereocenters. The molecular formula is C31H50O8P2. The van der Waals surface area contributed by atoms with Crippen LogP contribution in [0.1, 0.15) is 124 Å². The Morgan fingerprint density at radius 1 is 0.634 bits per heavy atom. The van der Waals surface area contributed by atoms with Gasteiger partial charge in [0, 0.05) is 5.56 Å². The molecule has 0 aliphatic heterocycles. The van der Waals surface area contributed by atoms with Crippen LogP contribution in [-0.4, -0.2) is 44.5 Å². The number of hydrogen-bond acceptors (Lipinski definition) is 8. The average Bonchev–Trinajstić information content (AvgIpc) is 2.87. The van der Waals surface area contributed by atoms with Crippen molar-refractivity contribution in [3.05, 3.63) is 63.2 Å². The Hall–Kier alpha value is -1.18. The van der Waals surface area contributed by atoms with Crippen LogP contribution in [0.4, 0.5) is 0 Å². The summed E-state index contributed by atoms with van der Waals surface area (Å²) in [6.07, 6.45) is -0.912. The summed E-state index contributed by atoms with van der Waals surface area (Å²) in [5, 5.41) is 11.1. The molecule has 41 heavy (non-hydrogen) atoms.